The standard InChI is InChI=1S/C15H9BrCl2F3NO2/c16-13-2-1-8(7-22-13)12(23)6-14(24,15(19,20)21)9-3-10(17)5-11(18)4-9/h1-5,7,24H,6H2. The quantitative estimate of drug-likeness (QED) is 0.524. The minimum absolute atomic E-state index is 0.0611. The van der Waals surface area contributed by atoms with E-state index < -0.39 is 29.5 Å². The van der Waals surface area contributed by atoms with Crippen LogP contribution in [0.1, 0.15) is 22.3 Å². The van der Waals surface area contributed by atoms with Crippen LogP contribution in [0.3, 0.4) is 0 Å². The molecule has 9 heteroatoms. The van der Waals surface area contributed by atoms with Gasteiger partial charge in [0.25, 0.3) is 0 Å². The van der Waals surface area contributed by atoms with Gasteiger partial charge < -0.3 is 5.11 Å². The van der Waals surface area contributed by atoms with Gasteiger partial charge >= 0.3 is 6.18 Å². The summed E-state index contributed by atoms with van der Waals surface area (Å²) in [5.41, 5.74) is -4.09. The summed E-state index contributed by atoms with van der Waals surface area (Å²) in [6, 6.07) is 5.79. The average molecular weight is 443 g/mol. The van der Waals surface area contributed by atoms with Crippen LogP contribution < -0.4 is 0 Å². The van der Waals surface area contributed by atoms with Crippen LogP contribution in [0.25, 0.3) is 0 Å². The Morgan fingerprint density at radius 2 is 1.75 bits per heavy atom. The molecule has 0 saturated heterocycles. The van der Waals surface area contributed by atoms with Gasteiger partial charge in [-0.15, -0.1) is 0 Å². The van der Waals surface area contributed by atoms with Crippen LogP contribution in [-0.4, -0.2) is 22.1 Å². The zero-order valence-electron chi connectivity index (χ0n) is 11.7. The number of Topliss-reactive ketones (excluding diaryl/α,β-unsaturated/α-hetero) is 1. The summed E-state index contributed by atoms with van der Waals surface area (Å²) in [4.78, 5) is 16.0. The molecule has 1 N–H and O–H groups in total. The van der Waals surface area contributed by atoms with Gasteiger partial charge in [0.1, 0.15) is 4.60 Å². The van der Waals surface area contributed by atoms with Crippen molar-refractivity contribution in [2.45, 2.75) is 18.2 Å². The minimum Gasteiger partial charge on any atom is -0.376 e. The molecule has 0 bridgehead atoms. The van der Waals surface area contributed by atoms with Crippen LogP contribution in [-0.2, 0) is 5.60 Å². The Morgan fingerprint density at radius 1 is 1.17 bits per heavy atom. The third kappa shape index (κ3) is 4.08. The lowest BCUT2D eigenvalue weighted by Gasteiger charge is -2.30. The second-order valence-electron chi connectivity index (χ2n) is 4.99. The van der Waals surface area contributed by atoms with Crippen molar-refractivity contribution in [3.8, 4) is 0 Å². The predicted molar refractivity (Wildman–Crippen MR) is 87.3 cm³/mol. The van der Waals surface area contributed by atoms with Crippen molar-refractivity contribution in [2.24, 2.45) is 0 Å². The van der Waals surface area contributed by atoms with Gasteiger partial charge in [0, 0.05) is 21.8 Å². The molecule has 128 valence electrons. The average Bonchev–Trinajstić information content (AvgIpc) is 2.45. The summed E-state index contributed by atoms with van der Waals surface area (Å²) in [5.74, 6) is -0.925. The van der Waals surface area contributed by atoms with E-state index in [1.807, 2.05) is 0 Å². The molecule has 1 aromatic carbocycles. The summed E-state index contributed by atoms with van der Waals surface area (Å²) in [6.45, 7) is 0. The Kier molecular flexibility index (Phi) is 5.59. The molecule has 0 aliphatic rings. The molecule has 0 fully saturated rings. The SMILES string of the molecule is O=C(CC(O)(c1cc(Cl)cc(Cl)c1)C(F)(F)F)c1ccc(Br)nc1. The maximum absolute atomic E-state index is 13.5. The largest absolute Gasteiger partial charge is 0.421 e. The summed E-state index contributed by atoms with van der Waals surface area (Å²) in [5, 5.41) is 10.1. The van der Waals surface area contributed by atoms with Gasteiger partial charge in [0.05, 0.1) is 6.42 Å². The van der Waals surface area contributed by atoms with Crippen molar-refractivity contribution in [3.05, 3.63) is 62.3 Å². The molecule has 0 saturated carbocycles. The fourth-order valence-corrected chi connectivity index (χ4v) is 2.79. The number of hydrogen-bond acceptors (Lipinski definition) is 3. The van der Waals surface area contributed by atoms with Gasteiger partial charge in [0.15, 0.2) is 11.4 Å². The van der Waals surface area contributed by atoms with Crippen LogP contribution in [0.2, 0.25) is 10.0 Å². The molecule has 1 unspecified atom stereocenters. The van der Waals surface area contributed by atoms with E-state index in [0.717, 1.165) is 18.3 Å². The number of carbonyl (C=O) groups excluding carboxylic acids is 1. The summed E-state index contributed by atoms with van der Waals surface area (Å²) >= 11 is 14.5. The van der Waals surface area contributed by atoms with Gasteiger partial charge in [-0.3, -0.25) is 4.79 Å². The zero-order chi connectivity index (χ0) is 18.1. The van der Waals surface area contributed by atoms with Gasteiger partial charge in [-0.05, 0) is 51.8 Å². The fourth-order valence-electron chi connectivity index (χ4n) is 2.03. The molecule has 2 aromatic rings. The molecule has 0 radical (unpaired) electrons. The van der Waals surface area contributed by atoms with Crippen molar-refractivity contribution >= 4 is 44.9 Å². The highest BCUT2D eigenvalue weighted by atomic mass is 79.9. The lowest BCUT2D eigenvalue weighted by Crippen LogP contribution is -2.44. The highest BCUT2D eigenvalue weighted by molar-refractivity contribution is 9.10. The Labute approximate surface area is 153 Å². The lowest BCUT2D eigenvalue weighted by molar-refractivity contribution is -0.264. The monoisotopic (exact) mass is 441 g/mol. The van der Waals surface area contributed by atoms with E-state index in [1.54, 1.807) is 0 Å². The molecule has 3 nitrogen and oxygen atoms in total. The Hall–Kier alpha value is -1.15. The number of nitrogens with zero attached hydrogens (tertiary/aromatic N) is 1. The highest BCUT2D eigenvalue weighted by Crippen LogP contribution is 2.43. The number of benzene rings is 1. The highest BCUT2D eigenvalue weighted by Gasteiger charge is 2.56. The smallest absolute Gasteiger partial charge is 0.376 e. The number of halogens is 6. The number of hydrogen-bond donors (Lipinski definition) is 1. The number of rotatable bonds is 4. The second-order valence-corrected chi connectivity index (χ2v) is 6.67. The van der Waals surface area contributed by atoms with Gasteiger partial charge in [-0.25, -0.2) is 4.98 Å². The van der Waals surface area contributed by atoms with Crippen molar-refractivity contribution in [1.82, 2.24) is 4.98 Å². The van der Waals surface area contributed by atoms with Crippen LogP contribution in [0.4, 0.5) is 13.2 Å². The summed E-state index contributed by atoms with van der Waals surface area (Å²) < 4.78 is 40.9. The molecule has 1 atom stereocenters. The first-order valence-electron chi connectivity index (χ1n) is 6.43. The number of ketones is 1. The van der Waals surface area contributed by atoms with E-state index in [0.29, 0.717) is 4.60 Å². The van der Waals surface area contributed by atoms with E-state index in [4.69, 9.17) is 23.2 Å². The molecule has 0 spiro atoms. The molecule has 0 aliphatic carbocycles. The number of alkyl halides is 3. The third-order valence-electron chi connectivity index (χ3n) is 3.27. The molecule has 1 heterocycles. The number of carbonyl (C=O) groups is 1. The molecule has 2 rings (SSSR count). The Morgan fingerprint density at radius 3 is 2.21 bits per heavy atom. The Balaban J connectivity index is 2.45. The van der Waals surface area contributed by atoms with Crippen LogP contribution in [0.5, 0.6) is 0 Å². The van der Waals surface area contributed by atoms with E-state index >= 15 is 0 Å². The van der Waals surface area contributed by atoms with Crippen molar-refractivity contribution in [2.75, 3.05) is 0 Å². The van der Waals surface area contributed by atoms with Crippen LogP contribution in [0.15, 0.2) is 41.1 Å². The first-order chi connectivity index (χ1) is 11.0. The van der Waals surface area contributed by atoms with Gasteiger partial charge in [-0.2, -0.15) is 13.2 Å². The Bertz CT molecular complexity index is 748. The fraction of sp³-hybridized carbons (Fsp3) is 0.200. The minimum atomic E-state index is -5.11. The van der Waals surface area contributed by atoms with E-state index in [1.165, 1.54) is 18.2 Å². The van der Waals surface area contributed by atoms with Crippen LogP contribution >= 0.6 is 39.1 Å². The van der Waals surface area contributed by atoms with E-state index in [-0.39, 0.29) is 15.6 Å². The van der Waals surface area contributed by atoms with Crippen molar-refractivity contribution in [1.29, 1.82) is 0 Å². The molecule has 24 heavy (non-hydrogen) atoms. The zero-order valence-corrected chi connectivity index (χ0v) is 14.8. The maximum atomic E-state index is 13.5. The number of aliphatic hydroxyl groups is 1. The molecular weight excluding hydrogens is 434 g/mol. The second kappa shape index (κ2) is 7.00. The van der Waals surface area contributed by atoms with Crippen LogP contribution in [0, 0.1) is 0 Å². The summed E-state index contributed by atoms with van der Waals surface area (Å²) in [6.07, 6.45) is -5.22. The van der Waals surface area contributed by atoms with Gasteiger partial charge in [0.2, 0.25) is 0 Å². The van der Waals surface area contributed by atoms with E-state index in [2.05, 4.69) is 20.9 Å². The maximum Gasteiger partial charge on any atom is 0.421 e. The topological polar surface area (TPSA) is 50.2 Å². The van der Waals surface area contributed by atoms with Crippen molar-refractivity contribution < 1.29 is 23.1 Å². The lowest BCUT2D eigenvalue weighted by atomic mass is 9.86. The van der Waals surface area contributed by atoms with Gasteiger partial charge in [-0.1, -0.05) is 23.2 Å². The number of pyridine rings is 1. The molecular formula is C15H9BrCl2F3NO2. The molecule has 0 aliphatic heterocycles. The predicted octanol–water partition coefficient (Wildman–Crippen LogP) is 5.17. The number of aromatic nitrogens is 1. The summed E-state index contributed by atoms with van der Waals surface area (Å²) in [7, 11) is 0. The normalized spacial score (nSPS) is 14.3. The molecule has 0 amide bonds. The van der Waals surface area contributed by atoms with Crippen molar-refractivity contribution in [3.63, 3.8) is 0 Å². The molecule has 1 aromatic heterocycles. The van der Waals surface area contributed by atoms with E-state index in [9.17, 15) is 23.1 Å². The first-order valence-corrected chi connectivity index (χ1v) is 7.98. The third-order valence-corrected chi connectivity index (χ3v) is 4.18. The first kappa shape index (κ1) is 19.2.